The molecule has 8 heteroatoms. The van der Waals surface area contributed by atoms with Gasteiger partial charge in [-0.2, -0.15) is 4.31 Å². The molecular formula is C14H22N2O4S2. The Hall–Kier alpha value is -0.960. The fraction of sp³-hybridized carbons (Fsp3) is 0.571. The molecule has 1 saturated heterocycles. The first-order valence-electron chi connectivity index (χ1n) is 7.22. The van der Waals surface area contributed by atoms with Crippen molar-refractivity contribution >= 4 is 19.9 Å². The van der Waals surface area contributed by atoms with Crippen molar-refractivity contribution in [1.82, 2.24) is 4.31 Å². The Labute approximate surface area is 132 Å². The van der Waals surface area contributed by atoms with Gasteiger partial charge < -0.3 is 5.73 Å². The van der Waals surface area contributed by atoms with Gasteiger partial charge in [-0.1, -0.05) is 18.6 Å². The molecule has 1 heterocycles. The van der Waals surface area contributed by atoms with Gasteiger partial charge in [0.25, 0.3) is 0 Å². The maximum atomic E-state index is 13.0. The predicted octanol–water partition coefficient (Wildman–Crippen LogP) is 0.980. The summed E-state index contributed by atoms with van der Waals surface area (Å²) in [4.78, 5) is -0.325. The number of benzene rings is 1. The van der Waals surface area contributed by atoms with Crippen LogP contribution in [0.5, 0.6) is 0 Å². The molecule has 0 radical (unpaired) electrons. The van der Waals surface area contributed by atoms with Crippen molar-refractivity contribution in [2.75, 3.05) is 12.8 Å². The van der Waals surface area contributed by atoms with Crippen molar-refractivity contribution in [2.24, 2.45) is 5.73 Å². The summed E-state index contributed by atoms with van der Waals surface area (Å²) in [6, 6.07) is 5.12. The quantitative estimate of drug-likeness (QED) is 0.876. The molecule has 2 atom stereocenters. The third-order valence-corrected chi connectivity index (χ3v) is 7.21. The SMILES string of the molecule is C[C@H](N)[C@H]1CCCCN1S(=O)(=O)c1ccccc1S(C)(=O)=O. The summed E-state index contributed by atoms with van der Waals surface area (Å²) < 4.78 is 51.1. The summed E-state index contributed by atoms with van der Waals surface area (Å²) in [5.74, 6) is 0. The monoisotopic (exact) mass is 346 g/mol. The maximum absolute atomic E-state index is 13.0. The minimum atomic E-state index is -3.90. The maximum Gasteiger partial charge on any atom is 0.244 e. The van der Waals surface area contributed by atoms with Gasteiger partial charge in [0.05, 0.1) is 4.90 Å². The van der Waals surface area contributed by atoms with E-state index in [2.05, 4.69) is 0 Å². The van der Waals surface area contributed by atoms with Crippen LogP contribution in [0.1, 0.15) is 26.2 Å². The van der Waals surface area contributed by atoms with Gasteiger partial charge in [0.15, 0.2) is 9.84 Å². The molecule has 0 bridgehead atoms. The van der Waals surface area contributed by atoms with E-state index < -0.39 is 19.9 Å². The highest BCUT2D eigenvalue weighted by Gasteiger charge is 2.37. The molecule has 0 spiro atoms. The third-order valence-electron chi connectivity index (χ3n) is 3.94. The number of rotatable bonds is 4. The van der Waals surface area contributed by atoms with Crippen molar-refractivity contribution < 1.29 is 16.8 Å². The van der Waals surface area contributed by atoms with Crippen molar-refractivity contribution in [3.63, 3.8) is 0 Å². The summed E-state index contributed by atoms with van der Waals surface area (Å²) in [7, 11) is -7.53. The fourth-order valence-corrected chi connectivity index (χ4v) is 6.23. The summed E-state index contributed by atoms with van der Waals surface area (Å²) in [5.41, 5.74) is 5.93. The molecule has 1 aromatic rings. The zero-order valence-corrected chi connectivity index (χ0v) is 14.4. The van der Waals surface area contributed by atoms with E-state index in [1.54, 1.807) is 6.92 Å². The van der Waals surface area contributed by atoms with E-state index in [9.17, 15) is 16.8 Å². The Morgan fingerprint density at radius 1 is 1.14 bits per heavy atom. The van der Waals surface area contributed by atoms with Crippen molar-refractivity contribution in [2.45, 2.75) is 48.1 Å². The van der Waals surface area contributed by atoms with Gasteiger partial charge in [-0.25, -0.2) is 16.8 Å². The molecule has 1 fully saturated rings. The number of sulfone groups is 1. The van der Waals surface area contributed by atoms with Crippen LogP contribution in [0.25, 0.3) is 0 Å². The lowest BCUT2D eigenvalue weighted by molar-refractivity contribution is 0.227. The highest BCUT2D eigenvalue weighted by molar-refractivity contribution is 7.93. The topological polar surface area (TPSA) is 97.5 Å². The van der Waals surface area contributed by atoms with Gasteiger partial charge >= 0.3 is 0 Å². The van der Waals surface area contributed by atoms with Gasteiger partial charge in [0.2, 0.25) is 10.0 Å². The summed E-state index contributed by atoms with van der Waals surface area (Å²) in [6.45, 7) is 2.15. The minimum Gasteiger partial charge on any atom is -0.326 e. The first-order chi connectivity index (χ1) is 10.2. The van der Waals surface area contributed by atoms with Crippen LogP contribution in [0.2, 0.25) is 0 Å². The summed E-state index contributed by atoms with van der Waals surface area (Å²) in [6.07, 6.45) is 3.38. The average molecular weight is 346 g/mol. The molecule has 124 valence electrons. The Balaban J connectivity index is 2.56. The highest BCUT2D eigenvalue weighted by atomic mass is 32.2. The first-order valence-corrected chi connectivity index (χ1v) is 10.6. The van der Waals surface area contributed by atoms with Gasteiger partial charge in [-0.3, -0.25) is 0 Å². The Bertz CT molecular complexity index is 742. The average Bonchev–Trinajstić information content (AvgIpc) is 2.46. The second kappa shape index (κ2) is 6.27. The number of hydrogen-bond donors (Lipinski definition) is 1. The zero-order valence-electron chi connectivity index (χ0n) is 12.8. The van der Waals surface area contributed by atoms with Gasteiger partial charge in [0, 0.05) is 24.9 Å². The third kappa shape index (κ3) is 3.34. The second-order valence-electron chi connectivity index (χ2n) is 5.76. The number of nitrogens with two attached hydrogens (primary N) is 1. The molecule has 2 rings (SSSR count). The van der Waals surface area contributed by atoms with Crippen LogP contribution in [-0.4, -0.2) is 46.0 Å². The van der Waals surface area contributed by atoms with E-state index in [-0.39, 0.29) is 21.9 Å². The van der Waals surface area contributed by atoms with Crippen LogP contribution in [0.15, 0.2) is 34.1 Å². The van der Waals surface area contributed by atoms with Gasteiger partial charge in [0.1, 0.15) is 4.90 Å². The lowest BCUT2D eigenvalue weighted by atomic mass is 10.00. The molecule has 0 aliphatic carbocycles. The molecular weight excluding hydrogens is 324 g/mol. The number of nitrogens with zero attached hydrogens (tertiary/aromatic N) is 1. The predicted molar refractivity (Wildman–Crippen MR) is 84.7 cm³/mol. The van der Waals surface area contributed by atoms with E-state index in [1.807, 2.05) is 0 Å². The van der Waals surface area contributed by atoms with E-state index >= 15 is 0 Å². The molecule has 0 aromatic heterocycles. The Kier molecular flexibility index (Phi) is 4.96. The van der Waals surface area contributed by atoms with E-state index in [1.165, 1.54) is 28.6 Å². The van der Waals surface area contributed by atoms with E-state index in [0.29, 0.717) is 13.0 Å². The smallest absolute Gasteiger partial charge is 0.244 e. The molecule has 0 amide bonds. The first kappa shape index (κ1) is 17.4. The Morgan fingerprint density at radius 3 is 2.27 bits per heavy atom. The van der Waals surface area contributed by atoms with Crippen LogP contribution in [-0.2, 0) is 19.9 Å². The normalized spacial score (nSPS) is 22.4. The summed E-state index contributed by atoms with van der Waals surface area (Å²) in [5, 5.41) is 0. The number of sulfonamides is 1. The molecule has 0 saturated carbocycles. The number of hydrogen-bond acceptors (Lipinski definition) is 5. The standard InChI is InChI=1S/C14H22N2O4S2/c1-11(15)12-7-5-6-10-16(12)22(19,20)14-9-4-3-8-13(14)21(2,17)18/h3-4,8-9,11-12H,5-7,10,15H2,1-2H3/t11-,12+/m0/s1. The largest absolute Gasteiger partial charge is 0.326 e. The fourth-order valence-electron chi connectivity index (χ4n) is 2.85. The molecule has 0 unspecified atom stereocenters. The lowest BCUT2D eigenvalue weighted by Gasteiger charge is -2.37. The highest BCUT2D eigenvalue weighted by Crippen LogP contribution is 2.30. The van der Waals surface area contributed by atoms with E-state index in [0.717, 1.165) is 19.1 Å². The molecule has 22 heavy (non-hydrogen) atoms. The van der Waals surface area contributed by atoms with E-state index in [4.69, 9.17) is 5.73 Å². The van der Waals surface area contributed by atoms with Crippen LogP contribution in [0, 0.1) is 0 Å². The minimum absolute atomic E-state index is 0.162. The molecule has 1 aliphatic heterocycles. The molecule has 6 nitrogen and oxygen atoms in total. The van der Waals surface area contributed by atoms with Crippen molar-refractivity contribution in [1.29, 1.82) is 0 Å². The van der Waals surface area contributed by atoms with Gasteiger partial charge in [-0.05, 0) is 31.9 Å². The zero-order chi connectivity index (χ0) is 16.5. The molecule has 1 aromatic carbocycles. The van der Waals surface area contributed by atoms with Crippen molar-refractivity contribution in [3.05, 3.63) is 24.3 Å². The van der Waals surface area contributed by atoms with Crippen LogP contribution < -0.4 is 5.73 Å². The lowest BCUT2D eigenvalue weighted by Crippen LogP contribution is -2.51. The summed E-state index contributed by atoms with van der Waals surface area (Å²) >= 11 is 0. The van der Waals surface area contributed by atoms with Crippen molar-refractivity contribution in [3.8, 4) is 0 Å². The van der Waals surface area contributed by atoms with Crippen LogP contribution in [0.3, 0.4) is 0 Å². The molecule has 2 N–H and O–H groups in total. The second-order valence-corrected chi connectivity index (χ2v) is 9.60. The van der Waals surface area contributed by atoms with Crippen LogP contribution in [0.4, 0.5) is 0 Å². The van der Waals surface area contributed by atoms with Gasteiger partial charge in [-0.15, -0.1) is 0 Å². The van der Waals surface area contributed by atoms with Crippen LogP contribution >= 0.6 is 0 Å². The molecule has 1 aliphatic rings. The Morgan fingerprint density at radius 2 is 1.73 bits per heavy atom. The number of piperidine rings is 1.